The molecule has 1 amide bonds. The quantitative estimate of drug-likeness (QED) is 0.890. The first-order valence-corrected chi connectivity index (χ1v) is 7.77. The lowest BCUT2D eigenvalue weighted by Gasteiger charge is -2.33. The van der Waals surface area contributed by atoms with Gasteiger partial charge in [-0.1, -0.05) is 13.8 Å². The van der Waals surface area contributed by atoms with E-state index in [1.165, 1.54) is 0 Å². The van der Waals surface area contributed by atoms with Crippen LogP contribution in [-0.2, 0) is 9.53 Å². The maximum atomic E-state index is 11.6. The average molecular weight is 290 g/mol. The number of nitrogens with one attached hydrogen (secondary N) is 2. The molecule has 0 radical (unpaired) electrons. The number of benzene rings is 1. The van der Waals surface area contributed by atoms with Crippen molar-refractivity contribution < 1.29 is 9.53 Å². The van der Waals surface area contributed by atoms with Crippen LogP contribution in [0, 0.1) is 5.92 Å². The summed E-state index contributed by atoms with van der Waals surface area (Å²) in [6, 6.07) is 8.35. The Morgan fingerprint density at radius 1 is 1.10 bits per heavy atom. The standard InChI is InChI=1S/C17H26N2O2/c1-11(2)17(20)19-15-7-5-14(6-8-15)18-16-9-12(3)21-13(4)10-16/h5-8,11-13,16,18H,9-10H2,1-4H3,(H,19,20). The van der Waals surface area contributed by atoms with E-state index >= 15 is 0 Å². The second-order valence-electron chi connectivity index (χ2n) is 6.29. The van der Waals surface area contributed by atoms with Crippen molar-refractivity contribution in [1.29, 1.82) is 0 Å². The SMILES string of the molecule is CC1CC(Nc2ccc(NC(=O)C(C)C)cc2)CC(C)O1. The van der Waals surface area contributed by atoms with Crippen LogP contribution in [0.25, 0.3) is 0 Å². The first-order chi connectivity index (χ1) is 9.94. The summed E-state index contributed by atoms with van der Waals surface area (Å²) in [6.07, 6.45) is 2.65. The summed E-state index contributed by atoms with van der Waals surface area (Å²) in [6.45, 7) is 8.02. The predicted molar refractivity (Wildman–Crippen MR) is 86.6 cm³/mol. The Balaban J connectivity index is 1.91. The number of carbonyl (C=O) groups is 1. The van der Waals surface area contributed by atoms with Crippen LogP contribution in [0.15, 0.2) is 24.3 Å². The summed E-state index contributed by atoms with van der Waals surface area (Å²) in [5.74, 6) is 0.0378. The Bertz CT molecular complexity index is 460. The zero-order valence-electron chi connectivity index (χ0n) is 13.3. The number of hydrogen-bond donors (Lipinski definition) is 2. The smallest absolute Gasteiger partial charge is 0.226 e. The van der Waals surface area contributed by atoms with Gasteiger partial charge in [-0.05, 0) is 51.0 Å². The van der Waals surface area contributed by atoms with Gasteiger partial charge in [0.2, 0.25) is 5.91 Å². The van der Waals surface area contributed by atoms with Crippen LogP contribution in [0.5, 0.6) is 0 Å². The van der Waals surface area contributed by atoms with Crippen molar-refractivity contribution in [2.45, 2.75) is 58.8 Å². The Morgan fingerprint density at radius 2 is 1.62 bits per heavy atom. The molecule has 2 rings (SSSR count). The van der Waals surface area contributed by atoms with Crippen LogP contribution in [0.4, 0.5) is 11.4 Å². The minimum Gasteiger partial charge on any atom is -0.382 e. The van der Waals surface area contributed by atoms with E-state index in [1.54, 1.807) is 0 Å². The van der Waals surface area contributed by atoms with Crippen molar-refractivity contribution in [1.82, 2.24) is 0 Å². The Morgan fingerprint density at radius 3 is 2.14 bits per heavy atom. The molecule has 4 nitrogen and oxygen atoms in total. The lowest BCUT2D eigenvalue weighted by Crippen LogP contribution is -2.36. The third-order valence-electron chi connectivity index (χ3n) is 3.75. The molecular formula is C17H26N2O2. The molecule has 1 aromatic rings. The van der Waals surface area contributed by atoms with Gasteiger partial charge in [0.15, 0.2) is 0 Å². The minimum atomic E-state index is -0.00647. The third kappa shape index (κ3) is 4.74. The minimum absolute atomic E-state index is 0.00647. The number of anilines is 2. The fourth-order valence-corrected chi connectivity index (χ4v) is 2.70. The maximum Gasteiger partial charge on any atom is 0.226 e. The average Bonchev–Trinajstić information content (AvgIpc) is 2.39. The summed E-state index contributed by atoms with van der Waals surface area (Å²) in [4.78, 5) is 11.6. The van der Waals surface area contributed by atoms with Crippen molar-refractivity contribution in [3.8, 4) is 0 Å². The largest absolute Gasteiger partial charge is 0.382 e. The van der Waals surface area contributed by atoms with E-state index in [4.69, 9.17) is 4.74 Å². The molecule has 1 heterocycles. The van der Waals surface area contributed by atoms with E-state index in [0.29, 0.717) is 18.2 Å². The van der Waals surface area contributed by atoms with Crippen molar-refractivity contribution >= 4 is 17.3 Å². The molecule has 0 bridgehead atoms. The lowest BCUT2D eigenvalue weighted by atomic mass is 9.99. The molecule has 0 saturated carbocycles. The second-order valence-corrected chi connectivity index (χ2v) is 6.29. The highest BCUT2D eigenvalue weighted by Gasteiger charge is 2.24. The van der Waals surface area contributed by atoms with Crippen molar-refractivity contribution in [3.05, 3.63) is 24.3 Å². The highest BCUT2D eigenvalue weighted by Crippen LogP contribution is 2.23. The normalized spacial score (nSPS) is 25.7. The first-order valence-electron chi connectivity index (χ1n) is 7.77. The van der Waals surface area contributed by atoms with Crippen LogP contribution in [0.1, 0.15) is 40.5 Å². The van der Waals surface area contributed by atoms with Crippen LogP contribution in [-0.4, -0.2) is 24.2 Å². The molecule has 0 spiro atoms. The number of amides is 1. The Hall–Kier alpha value is -1.55. The molecule has 1 fully saturated rings. The molecule has 0 aliphatic carbocycles. The number of hydrogen-bond acceptors (Lipinski definition) is 3. The van der Waals surface area contributed by atoms with E-state index in [1.807, 2.05) is 38.1 Å². The molecule has 1 aliphatic heterocycles. The van der Waals surface area contributed by atoms with Gasteiger partial charge in [-0.15, -0.1) is 0 Å². The molecule has 1 saturated heterocycles. The van der Waals surface area contributed by atoms with Gasteiger partial charge in [-0.25, -0.2) is 0 Å². The van der Waals surface area contributed by atoms with E-state index in [9.17, 15) is 4.79 Å². The number of ether oxygens (including phenoxy) is 1. The van der Waals surface area contributed by atoms with E-state index in [0.717, 1.165) is 24.2 Å². The van der Waals surface area contributed by atoms with Gasteiger partial charge in [0.25, 0.3) is 0 Å². The zero-order chi connectivity index (χ0) is 15.4. The summed E-state index contributed by atoms with van der Waals surface area (Å²) < 4.78 is 5.75. The predicted octanol–water partition coefficient (Wildman–Crippen LogP) is 3.65. The van der Waals surface area contributed by atoms with Crippen molar-refractivity contribution in [3.63, 3.8) is 0 Å². The van der Waals surface area contributed by atoms with Gasteiger partial charge >= 0.3 is 0 Å². The molecule has 1 aromatic carbocycles. The van der Waals surface area contributed by atoms with E-state index in [2.05, 4.69) is 24.5 Å². The fraction of sp³-hybridized carbons (Fsp3) is 0.588. The molecule has 2 N–H and O–H groups in total. The molecule has 21 heavy (non-hydrogen) atoms. The van der Waals surface area contributed by atoms with Crippen LogP contribution in [0.3, 0.4) is 0 Å². The monoisotopic (exact) mass is 290 g/mol. The summed E-state index contributed by atoms with van der Waals surface area (Å²) in [7, 11) is 0. The van der Waals surface area contributed by atoms with Crippen LogP contribution < -0.4 is 10.6 Å². The molecule has 2 atom stereocenters. The molecule has 0 aromatic heterocycles. The highest BCUT2D eigenvalue weighted by molar-refractivity contribution is 5.92. The van der Waals surface area contributed by atoms with E-state index in [-0.39, 0.29) is 11.8 Å². The molecule has 1 aliphatic rings. The summed E-state index contributed by atoms with van der Waals surface area (Å²) >= 11 is 0. The molecule has 2 unspecified atom stereocenters. The van der Waals surface area contributed by atoms with Crippen LogP contribution >= 0.6 is 0 Å². The summed E-state index contributed by atoms with van der Waals surface area (Å²) in [5.41, 5.74) is 1.93. The first kappa shape index (κ1) is 15.8. The number of rotatable bonds is 4. The van der Waals surface area contributed by atoms with Gasteiger partial charge in [-0.3, -0.25) is 4.79 Å². The fourth-order valence-electron chi connectivity index (χ4n) is 2.70. The third-order valence-corrected chi connectivity index (χ3v) is 3.75. The number of carbonyl (C=O) groups excluding carboxylic acids is 1. The highest BCUT2D eigenvalue weighted by atomic mass is 16.5. The molecule has 116 valence electrons. The topological polar surface area (TPSA) is 50.4 Å². The van der Waals surface area contributed by atoms with Crippen molar-refractivity contribution in [2.24, 2.45) is 5.92 Å². The Kier molecular flexibility index (Phi) is 5.23. The van der Waals surface area contributed by atoms with Gasteiger partial charge < -0.3 is 15.4 Å². The lowest BCUT2D eigenvalue weighted by molar-refractivity contribution is -0.118. The van der Waals surface area contributed by atoms with E-state index < -0.39 is 0 Å². The van der Waals surface area contributed by atoms with Crippen LogP contribution in [0.2, 0.25) is 0 Å². The zero-order valence-corrected chi connectivity index (χ0v) is 13.3. The Labute approximate surface area is 127 Å². The molecular weight excluding hydrogens is 264 g/mol. The van der Waals surface area contributed by atoms with Gasteiger partial charge in [0.1, 0.15) is 0 Å². The van der Waals surface area contributed by atoms with Crippen molar-refractivity contribution in [2.75, 3.05) is 10.6 Å². The van der Waals surface area contributed by atoms with Gasteiger partial charge in [0.05, 0.1) is 12.2 Å². The van der Waals surface area contributed by atoms with Gasteiger partial charge in [-0.2, -0.15) is 0 Å². The second kappa shape index (κ2) is 6.94. The summed E-state index contributed by atoms with van der Waals surface area (Å²) in [5, 5.41) is 6.45. The van der Waals surface area contributed by atoms with Gasteiger partial charge in [0, 0.05) is 23.3 Å². The maximum absolute atomic E-state index is 11.6. The molecule has 4 heteroatoms.